The first kappa shape index (κ1) is 21.3. The van der Waals surface area contributed by atoms with Crippen molar-refractivity contribution in [3.05, 3.63) is 84.2 Å². The highest BCUT2D eigenvalue weighted by Gasteiger charge is 2.30. The zero-order chi connectivity index (χ0) is 21.8. The van der Waals surface area contributed by atoms with Crippen molar-refractivity contribution in [3.8, 4) is 5.69 Å². The number of aromatic nitrogens is 1. The van der Waals surface area contributed by atoms with Crippen LogP contribution in [-0.4, -0.2) is 42.3 Å². The normalized spacial score (nSPS) is 15.6. The lowest BCUT2D eigenvalue weighted by Crippen LogP contribution is -2.46. The number of carbonyl (C=O) groups excluding carboxylic acids is 1. The Morgan fingerprint density at radius 3 is 2.16 bits per heavy atom. The van der Waals surface area contributed by atoms with Crippen molar-refractivity contribution >= 4 is 15.9 Å². The molecule has 1 aromatic heterocycles. The van der Waals surface area contributed by atoms with Crippen LogP contribution in [-0.2, 0) is 16.4 Å². The molecule has 0 aliphatic carbocycles. The Morgan fingerprint density at radius 1 is 0.968 bits per heavy atom. The minimum atomic E-state index is -3.50. The van der Waals surface area contributed by atoms with Crippen LogP contribution in [0.3, 0.4) is 0 Å². The summed E-state index contributed by atoms with van der Waals surface area (Å²) in [7, 11) is -3.50. The highest BCUT2D eigenvalue weighted by atomic mass is 32.2. The Labute approximate surface area is 183 Å². The van der Waals surface area contributed by atoms with E-state index in [9.17, 15) is 13.2 Å². The Kier molecular flexibility index (Phi) is 6.25. The van der Waals surface area contributed by atoms with E-state index < -0.39 is 10.0 Å². The number of amides is 1. The minimum Gasteiger partial charge on any atom is -0.349 e. The van der Waals surface area contributed by atoms with E-state index >= 15 is 0 Å². The topological polar surface area (TPSA) is 71.4 Å². The number of sulfonamides is 1. The van der Waals surface area contributed by atoms with Crippen LogP contribution >= 0.6 is 0 Å². The molecule has 0 unspecified atom stereocenters. The van der Waals surface area contributed by atoms with E-state index in [0.717, 1.165) is 17.7 Å². The average molecular weight is 438 g/mol. The Bertz CT molecular complexity index is 1110. The predicted octanol–water partition coefficient (Wildman–Crippen LogP) is 3.62. The van der Waals surface area contributed by atoms with Gasteiger partial charge >= 0.3 is 0 Å². The maximum atomic E-state index is 12.9. The molecule has 1 amide bonds. The molecule has 0 spiro atoms. The molecule has 4 rings (SSSR count). The molecule has 6 nitrogen and oxygen atoms in total. The van der Waals surface area contributed by atoms with Crippen molar-refractivity contribution < 1.29 is 13.2 Å². The van der Waals surface area contributed by atoms with Crippen molar-refractivity contribution in [1.29, 1.82) is 0 Å². The standard InChI is InChI=1S/C24H27N3O3S/c1-2-19-5-11-23(12-6-19)31(29,30)27-17-13-21(14-18-27)25-24(28)20-7-9-22(10-8-20)26-15-3-4-16-26/h3-12,15-16,21H,2,13-14,17-18H2,1H3,(H,25,28). The Morgan fingerprint density at radius 2 is 1.58 bits per heavy atom. The summed E-state index contributed by atoms with van der Waals surface area (Å²) < 4.78 is 29.3. The van der Waals surface area contributed by atoms with Crippen molar-refractivity contribution in [2.75, 3.05) is 13.1 Å². The summed E-state index contributed by atoms with van der Waals surface area (Å²) in [6.45, 7) is 2.84. The van der Waals surface area contributed by atoms with Crippen molar-refractivity contribution in [2.45, 2.75) is 37.1 Å². The van der Waals surface area contributed by atoms with Crippen LogP contribution in [0.5, 0.6) is 0 Å². The first-order valence-corrected chi connectivity index (χ1v) is 12.0. The van der Waals surface area contributed by atoms with E-state index in [-0.39, 0.29) is 11.9 Å². The van der Waals surface area contributed by atoms with Gasteiger partial charge in [0, 0.05) is 42.8 Å². The van der Waals surface area contributed by atoms with Gasteiger partial charge in [0.05, 0.1) is 4.90 Å². The lowest BCUT2D eigenvalue weighted by atomic mass is 10.1. The van der Waals surface area contributed by atoms with Gasteiger partial charge in [0.25, 0.3) is 5.91 Å². The minimum absolute atomic E-state index is 0.0365. The second-order valence-corrected chi connectivity index (χ2v) is 9.72. The molecule has 0 radical (unpaired) electrons. The van der Waals surface area contributed by atoms with Gasteiger partial charge in [-0.25, -0.2) is 8.42 Å². The molecule has 0 saturated carbocycles. The molecular formula is C24H27N3O3S. The molecule has 2 aromatic carbocycles. The summed E-state index contributed by atoms with van der Waals surface area (Å²) in [6.07, 6.45) is 5.98. The van der Waals surface area contributed by atoms with Crippen LogP contribution < -0.4 is 5.32 Å². The Balaban J connectivity index is 1.33. The number of nitrogens with zero attached hydrogens (tertiary/aromatic N) is 2. The first-order valence-electron chi connectivity index (χ1n) is 10.6. The summed E-state index contributed by atoms with van der Waals surface area (Å²) in [5.41, 5.74) is 2.70. The molecule has 162 valence electrons. The number of benzene rings is 2. The van der Waals surface area contributed by atoms with E-state index in [0.29, 0.717) is 36.4 Å². The van der Waals surface area contributed by atoms with Gasteiger partial charge in [0.1, 0.15) is 0 Å². The quantitative estimate of drug-likeness (QED) is 0.640. The largest absolute Gasteiger partial charge is 0.349 e. The van der Waals surface area contributed by atoms with Crippen LogP contribution in [0.15, 0.2) is 78.0 Å². The third kappa shape index (κ3) is 4.73. The molecule has 2 heterocycles. The third-order valence-electron chi connectivity index (χ3n) is 5.79. The number of carbonyl (C=O) groups is 1. The summed E-state index contributed by atoms with van der Waals surface area (Å²) in [5.74, 6) is -0.129. The highest BCUT2D eigenvalue weighted by Crippen LogP contribution is 2.22. The van der Waals surface area contributed by atoms with Crippen molar-refractivity contribution in [2.24, 2.45) is 0 Å². The highest BCUT2D eigenvalue weighted by molar-refractivity contribution is 7.89. The molecular weight excluding hydrogens is 410 g/mol. The number of aryl methyl sites for hydroxylation is 1. The fourth-order valence-corrected chi connectivity index (χ4v) is 5.32. The molecule has 1 aliphatic rings. The monoisotopic (exact) mass is 437 g/mol. The number of hydrogen-bond acceptors (Lipinski definition) is 3. The van der Waals surface area contributed by atoms with Gasteiger partial charge in [-0.1, -0.05) is 19.1 Å². The van der Waals surface area contributed by atoms with Crippen LogP contribution in [0.25, 0.3) is 5.69 Å². The van der Waals surface area contributed by atoms with Gasteiger partial charge < -0.3 is 9.88 Å². The second kappa shape index (κ2) is 9.08. The molecule has 1 aliphatic heterocycles. The summed E-state index contributed by atoms with van der Waals surface area (Å²) >= 11 is 0. The van der Waals surface area contributed by atoms with E-state index in [1.807, 2.05) is 72.4 Å². The van der Waals surface area contributed by atoms with E-state index in [2.05, 4.69) is 5.32 Å². The summed E-state index contributed by atoms with van der Waals surface area (Å²) in [5, 5.41) is 3.05. The number of hydrogen-bond donors (Lipinski definition) is 1. The smallest absolute Gasteiger partial charge is 0.251 e. The molecule has 3 aromatic rings. The van der Waals surface area contributed by atoms with E-state index in [1.165, 1.54) is 4.31 Å². The van der Waals surface area contributed by atoms with E-state index in [4.69, 9.17) is 0 Å². The van der Waals surface area contributed by atoms with Gasteiger partial charge in [-0.05, 0) is 73.4 Å². The van der Waals surface area contributed by atoms with Gasteiger partial charge in [-0.15, -0.1) is 0 Å². The van der Waals surface area contributed by atoms with Gasteiger partial charge in [0.2, 0.25) is 10.0 Å². The van der Waals surface area contributed by atoms with Crippen molar-refractivity contribution in [3.63, 3.8) is 0 Å². The fourth-order valence-electron chi connectivity index (χ4n) is 3.85. The number of nitrogens with one attached hydrogen (secondary N) is 1. The van der Waals surface area contributed by atoms with Crippen molar-refractivity contribution in [1.82, 2.24) is 14.2 Å². The SMILES string of the molecule is CCc1ccc(S(=O)(=O)N2CCC(NC(=O)c3ccc(-n4cccc4)cc3)CC2)cc1. The molecule has 7 heteroatoms. The number of piperidine rings is 1. The molecule has 0 atom stereocenters. The van der Waals surface area contributed by atoms with Gasteiger partial charge in [0.15, 0.2) is 0 Å². The van der Waals surface area contributed by atoms with Crippen LogP contribution in [0.4, 0.5) is 0 Å². The van der Waals surface area contributed by atoms with Crippen LogP contribution in [0.2, 0.25) is 0 Å². The van der Waals surface area contributed by atoms with Gasteiger partial charge in [-0.2, -0.15) is 4.31 Å². The lowest BCUT2D eigenvalue weighted by molar-refractivity contribution is 0.0924. The van der Waals surface area contributed by atoms with Crippen LogP contribution in [0.1, 0.15) is 35.7 Å². The molecule has 0 bridgehead atoms. The fraction of sp³-hybridized carbons (Fsp3) is 0.292. The zero-order valence-electron chi connectivity index (χ0n) is 17.6. The third-order valence-corrected chi connectivity index (χ3v) is 7.70. The second-order valence-electron chi connectivity index (χ2n) is 7.79. The van der Waals surface area contributed by atoms with Crippen LogP contribution in [0, 0.1) is 0 Å². The molecule has 1 N–H and O–H groups in total. The summed E-state index contributed by atoms with van der Waals surface area (Å²) in [6, 6.07) is 18.4. The maximum Gasteiger partial charge on any atom is 0.251 e. The summed E-state index contributed by atoms with van der Waals surface area (Å²) in [4.78, 5) is 12.9. The lowest BCUT2D eigenvalue weighted by Gasteiger charge is -2.31. The zero-order valence-corrected chi connectivity index (χ0v) is 18.4. The predicted molar refractivity (Wildman–Crippen MR) is 121 cm³/mol. The molecule has 31 heavy (non-hydrogen) atoms. The average Bonchev–Trinajstić information content (AvgIpc) is 3.34. The molecule has 1 saturated heterocycles. The number of rotatable bonds is 6. The molecule has 1 fully saturated rings. The first-order chi connectivity index (χ1) is 15.0. The Hall–Kier alpha value is -2.90. The van der Waals surface area contributed by atoms with Gasteiger partial charge in [-0.3, -0.25) is 4.79 Å². The maximum absolute atomic E-state index is 12.9. The van der Waals surface area contributed by atoms with E-state index in [1.54, 1.807) is 12.1 Å².